The van der Waals surface area contributed by atoms with Gasteiger partial charge in [0.2, 0.25) is 0 Å². The van der Waals surface area contributed by atoms with Crippen LogP contribution in [0.3, 0.4) is 0 Å². The van der Waals surface area contributed by atoms with Crippen LogP contribution < -0.4 is 0 Å². The molecule has 1 heterocycles. The summed E-state index contributed by atoms with van der Waals surface area (Å²) in [4.78, 5) is 23.9. The first-order chi connectivity index (χ1) is 13.2. The van der Waals surface area contributed by atoms with Crippen molar-refractivity contribution in [2.45, 2.75) is 6.54 Å². The molecule has 5 nitrogen and oxygen atoms in total. The second-order valence-corrected chi connectivity index (χ2v) is 6.35. The lowest BCUT2D eigenvalue weighted by atomic mass is 10.1. The van der Waals surface area contributed by atoms with Gasteiger partial charge in [-0.05, 0) is 35.9 Å². The molecule has 0 atom stereocenters. The third kappa shape index (κ3) is 3.64. The van der Waals surface area contributed by atoms with Gasteiger partial charge in [0.1, 0.15) is 0 Å². The van der Waals surface area contributed by atoms with E-state index in [9.17, 15) is 9.90 Å². The van der Waals surface area contributed by atoms with Crippen molar-refractivity contribution in [1.29, 1.82) is 0 Å². The molecular formula is C22H19N3O2. The normalized spacial score (nSPS) is 11.0. The van der Waals surface area contributed by atoms with Crippen LogP contribution in [0.1, 0.15) is 15.9 Å². The van der Waals surface area contributed by atoms with Crippen LogP contribution in [0, 0.1) is 0 Å². The Morgan fingerprint density at radius 1 is 0.815 bits per heavy atom. The molecule has 4 rings (SSSR count). The molecule has 0 saturated heterocycles. The van der Waals surface area contributed by atoms with Crippen molar-refractivity contribution >= 4 is 28.0 Å². The molecule has 0 radical (unpaired) electrons. The van der Waals surface area contributed by atoms with Gasteiger partial charge in [0.05, 0.1) is 28.7 Å². The topological polar surface area (TPSA) is 66.3 Å². The van der Waals surface area contributed by atoms with Gasteiger partial charge in [0, 0.05) is 18.7 Å². The second-order valence-electron chi connectivity index (χ2n) is 6.35. The molecule has 0 unspecified atom stereocenters. The van der Waals surface area contributed by atoms with Crippen LogP contribution in [0.5, 0.6) is 0 Å². The Morgan fingerprint density at radius 3 is 2.15 bits per heavy atom. The van der Waals surface area contributed by atoms with Crippen molar-refractivity contribution in [3.63, 3.8) is 0 Å². The summed E-state index contributed by atoms with van der Waals surface area (Å²) in [6, 6.07) is 22.8. The lowest BCUT2D eigenvalue weighted by molar-refractivity contribution is 0.0708. The fraction of sp³-hybridized carbons (Fsp3) is 0.136. The standard InChI is InChI=1S/C22H19N3O2/c26-13-12-25(15-16-6-2-1-3-7-16)22(27)17-10-11-20-21(14-17)24-19-9-5-4-8-18(19)23-20/h1-11,14,26H,12-13,15H2. The minimum Gasteiger partial charge on any atom is -0.395 e. The monoisotopic (exact) mass is 357 g/mol. The molecule has 1 N–H and O–H groups in total. The molecule has 0 aliphatic rings. The maximum atomic E-state index is 13.0. The first kappa shape index (κ1) is 17.1. The van der Waals surface area contributed by atoms with E-state index in [0.717, 1.165) is 22.1 Å². The highest BCUT2D eigenvalue weighted by molar-refractivity contribution is 5.98. The van der Waals surface area contributed by atoms with E-state index >= 15 is 0 Å². The Balaban J connectivity index is 1.68. The zero-order valence-corrected chi connectivity index (χ0v) is 14.7. The summed E-state index contributed by atoms with van der Waals surface area (Å²) in [5, 5.41) is 9.38. The van der Waals surface area contributed by atoms with Crippen molar-refractivity contribution < 1.29 is 9.90 Å². The van der Waals surface area contributed by atoms with Crippen molar-refractivity contribution in [3.8, 4) is 0 Å². The predicted molar refractivity (Wildman–Crippen MR) is 105 cm³/mol. The summed E-state index contributed by atoms with van der Waals surface area (Å²) < 4.78 is 0. The van der Waals surface area contributed by atoms with E-state index in [4.69, 9.17) is 0 Å². The molecule has 5 heteroatoms. The fourth-order valence-electron chi connectivity index (χ4n) is 3.11. The number of amides is 1. The number of aliphatic hydroxyl groups is 1. The predicted octanol–water partition coefficient (Wildman–Crippen LogP) is 3.42. The Bertz CT molecular complexity index is 1100. The van der Waals surface area contributed by atoms with E-state index in [2.05, 4.69) is 9.97 Å². The largest absolute Gasteiger partial charge is 0.395 e. The number of carbonyl (C=O) groups is 1. The van der Waals surface area contributed by atoms with Gasteiger partial charge < -0.3 is 10.0 Å². The van der Waals surface area contributed by atoms with Crippen LogP contribution in [-0.4, -0.2) is 39.0 Å². The van der Waals surface area contributed by atoms with Crippen LogP contribution in [0.15, 0.2) is 72.8 Å². The van der Waals surface area contributed by atoms with E-state index in [-0.39, 0.29) is 19.1 Å². The third-order valence-corrected chi connectivity index (χ3v) is 4.46. The quantitative estimate of drug-likeness (QED) is 0.556. The number of aliphatic hydroxyl groups excluding tert-OH is 1. The number of fused-ring (bicyclic) bond motifs is 2. The van der Waals surface area contributed by atoms with Gasteiger partial charge in [-0.15, -0.1) is 0 Å². The van der Waals surface area contributed by atoms with Crippen LogP contribution in [0.25, 0.3) is 22.1 Å². The lowest BCUT2D eigenvalue weighted by Crippen LogP contribution is -2.33. The van der Waals surface area contributed by atoms with Gasteiger partial charge in [0.15, 0.2) is 0 Å². The average Bonchev–Trinajstić information content (AvgIpc) is 2.71. The maximum Gasteiger partial charge on any atom is 0.254 e. The summed E-state index contributed by atoms with van der Waals surface area (Å²) in [7, 11) is 0. The zero-order chi connectivity index (χ0) is 18.6. The average molecular weight is 357 g/mol. The number of rotatable bonds is 5. The lowest BCUT2D eigenvalue weighted by Gasteiger charge is -2.22. The fourth-order valence-corrected chi connectivity index (χ4v) is 3.11. The van der Waals surface area contributed by atoms with Crippen molar-refractivity contribution in [3.05, 3.63) is 83.9 Å². The first-order valence-electron chi connectivity index (χ1n) is 8.85. The molecular weight excluding hydrogens is 338 g/mol. The van der Waals surface area contributed by atoms with Gasteiger partial charge in [-0.25, -0.2) is 9.97 Å². The molecule has 134 valence electrons. The Labute approximate surface area is 156 Å². The van der Waals surface area contributed by atoms with E-state index in [1.54, 1.807) is 17.0 Å². The molecule has 0 fully saturated rings. The summed E-state index contributed by atoms with van der Waals surface area (Å²) >= 11 is 0. The van der Waals surface area contributed by atoms with Gasteiger partial charge in [-0.1, -0.05) is 42.5 Å². The molecule has 4 aromatic rings. The summed E-state index contributed by atoms with van der Waals surface area (Å²) in [6.07, 6.45) is 0. The van der Waals surface area contributed by atoms with Crippen molar-refractivity contribution in [1.82, 2.24) is 14.9 Å². The molecule has 1 aromatic heterocycles. The summed E-state index contributed by atoms with van der Waals surface area (Å²) in [5.74, 6) is -0.134. The Morgan fingerprint density at radius 2 is 1.44 bits per heavy atom. The number of hydrogen-bond acceptors (Lipinski definition) is 4. The van der Waals surface area contributed by atoms with E-state index in [1.807, 2.05) is 60.7 Å². The van der Waals surface area contributed by atoms with E-state index in [0.29, 0.717) is 17.6 Å². The molecule has 1 amide bonds. The van der Waals surface area contributed by atoms with E-state index < -0.39 is 0 Å². The number of benzene rings is 3. The number of para-hydroxylation sites is 2. The van der Waals surface area contributed by atoms with Crippen LogP contribution in [0.4, 0.5) is 0 Å². The minimum atomic E-state index is -0.134. The zero-order valence-electron chi connectivity index (χ0n) is 14.7. The second kappa shape index (κ2) is 7.51. The summed E-state index contributed by atoms with van der Waals surface area (Å²) in [6.45, 7) is 0.632. The van der Waals surface area contributed by atoms with Crippen LogP contribution in [0.2, 0.25) is 0 Å². The third-order valence-electron chi connectivity index (χ3n) is 4.46. The molecule has 0 spiro atoms. The molecule has 0 bridgehead atoms. The summed E-state index contributed by atoms with van der Waals surface area (Å²) in [5.41, 5.74) is 4.62. The Kier molecular flexibility index (Phi) is 4.77. The number of carbonyl (C=O) groups excluding carboxylic acids is 1. The molecule has 0 aliphatic heterocycles. The highest BCUT2D eigenvalue weighted by atomic mass is 16.3. The first-order valence-corrected chi connectivity index (χ1v) is 8.85. The van der Waals surface area contributed by atoms with Gasteiger partial charge in [-0.2, -0.15) is 0 Å². The minimum absolute atomic E-state index is 0.0867. The van der Waals surface area contributed by atoms with Crippen LogP contribution in [-0.2, 0) is 6.54 Å². The van der Waals surface area contributed by atoms with Gasteiger partial charge in [0.25, 0.3) is 5.91 Å². The SMILES string of the molecule is O=C(c1ccc2nc3ccccc3nc2c1)N(CCO)Cc1ccccc1. The van der Waals surface area contributed by atoms with Crippen LogP contribution >= 0.6 is 0 Å². The maximum absolute atomic E-state index is 13.0. The highest BCUT2D eigenvalue weighted by Crippen LogP contribution is 2.19. The number of hydrogen-bond donors (Lipinski definition) is 1. The molecule has 0 saturated carbocycles. The van der Waals surface area contributed by atoms with Crippen molar-refractivity contribution in [2.75, 3.05) is 13.2 Å². The molecule has 0 aliphatic carbocycles. The molecule has 3 aromatic carbocycles. The number of nitrogens with zero attached hydrogens (tertiary/aromatic N) is 3. The highest BCUT2D eigenvalue weighted by Gasteiger charge is 2.17. The smallest absolute Gasteiger partial charge is 0.254 e. The van der Waals surface area contributed by atoms with Crippen molar-refractivity contribution in [2.24, 2.45) is 0 Å². The van der Waals surface area contributed by atoms with Gasteiger partial charge in [-0.3, -0.25) is 4.79 Å². The Hall–Kier alpha value is -3.31. The molecule has 27 heavy (non-hydrogen) atoms. The van der Waals surface area contributed by atoms with E-state index in [1.165, 1.54) is 0 Å². The number of aromatic nitrogens is 2. The van der Waals surface area contributed by atoms with Gasteiger partial charge >= 0.3 is 0 Å².